The van der Waals surface area contributed by atoms with Crippen LogP contribution in [-0.2, 0) is 0 Å². The molecular formula is C11H15BrN2. The Bertz CT molecular complexity index is 347. The molecule has 0 saturated heterocycles. The quantitative estimate of drug-likeness (QED) is 0.495. The fourth-order valence-corrected chi connectivity index (χ4v) is 1.82. The highest BCUT2D eigenvalue weighted by molar-refractivity contribution is 9.10. The zero-order chi connectivity index (χ0) is 10.7. The van der Waals surface area contributed by atoms with Crippen molar-refractivity contribution in [2.24, 2.45) is 5.84 Å². The second-order valence-corrected chi connectivity index (χ2v) is 4.25. The summed E-state index contributed by atoms with van der Waals surface area (Å²) in [5, 5.41) is 0. The molecule has 0 fully saturated rings. The summed E-state index contributed by atoms with van der Waals surface area (Å²) in [6, 6.07) is 6.09. The van der Waals surface area contributed by atoms with E-state index in [9.17, 15) is 0 Å². The maximum Gasteiger partial charge on any atom is 0.0667 e. The number of nitrogens with one attached hydrogen (secondary N) is 1. The zero-order valence-corrected chi connectivity index (χ0v) is 10.1. The highest BCUT2D eigenvalue weighted by Crippen LogP contribution is 2.27. The molecule has 0 amide bonds. The first-order chi connectivity index (χ1) is 6.57. The van der Waals surface area contributed by atoms with Gasteiger partial charge in [-0.15, -0.1) is 0 Å². The van der Waals surface area contributed by atoms with E-state index in [4.69, 9.17) is 5.84 Å². The largest absolute Gasteiger partial charge is 0.271 e. The normalized spacial score (nSPS) is 12.6. The van der Waals surface area contributed by atoms with Crippen LogP contribution >= 0.6 is 15.9 Å². The van der Waals surface area contributed by atoms with Crippen molar-refractivity contribution in [1.82, 2.24) is 5.43 Å². The summed E-state index contributed by atoms with van der Waals surface area (Å²) in [5.41, 5.74) is 6.13. The third-order valence-corrected chi connectivity index (χ3v) is 3.14. The minimum atomic E-state index is 0.0208. The van der Waals surface area contributed by atoms with E-state index in [1.54, 1.807) is 0 Å². The molecule has 0 bridgehead atoms. The van der Waals surface area contributed by atoms with Gasteiger partial charge in [0, 0.05) is 4.47 Å². The van der Waals surface area contributed by atoms with E-state index in [0.29, 0.717) is 0 Å². The van der Waals surface area contributed by atoms with E-state index in [2.05, 4.69) is 40.9 Å². The molecule has 1 rings (SSSR count). The second kappa shape index (κ2) is 4.73. The van der Waals surface area contributed by atoms with Gasteiger partial charge in [0.1, 0.15) is 0 Å². The molecule has 0 saturated carbocycles. The Hall–Kier alpha value is -0.640. The number of rotatable bonds is 3. The fraction of sp³-hybridized carbons (Fsp3) is 0.273. The number of hydrazine groups is 1. The Labute approximate surface area is 93.3 Å². The van der Waals surface area contributed by atoms with Crippen LogP contribution in [0.15, 0.2) is 34.8 Å². The first-order valence-corrected chi connectivity index (χ1v) is 5.23. The number of nitrogens with two attached hydrogens (primary N) is 1. The van der Waals surface area contributed by atoms with Gasteiger partial charge in [0.15, 0.2) is 0 Å². The van der Waals surface area contributed by atoms with Gasteiger partial charge in [-0.2, -0.15) is 0 Å². The highest BCUT2D eigenvalue weighted by Gasteiger charge is 2.13. The van der Waals surface area contributed by atoms with Gasteiger partial charge in [-0.3, -0.25) is 5.84 Å². The van der Waals surface area contributed by atoms with Crippen LogP contribution in [0.5, 0.6) is 0 Å². The summed E-state index contributed by atoms with van der Waals surface area (Å²) in [6.07, 6.45) is 0. The van der Waals surface area contributed by atoms with Gasteiger partial charge in [-0.05, 0) is 31.0 Å². The summed E-state index contributed by atoms with van der Waals surface area (Å²) in [7, 11) is 0. The van der Waals surface area contributed by atoms with E-state index >= 15 is 0 Å². The molecule has 3 N–H and O–H groups in total. The lowest BCUT2D eigenvalue weighted by atomic mass is 9.97. The van der Waals surface area contributed by atoms with Crippen molar-refractivity contribution in [3.63, 3.8) is 0 Å². The Morgan fingerprint density at radius 1 is 1.57 bits per heavy atom. The minimum Gasteiger partial charge on any atom is -0.271 e. The number of hydrogen-bond donors (Lipinski definition) is 2. The molecule has 3 heteroatoms. The van der Waals surface area contributed by atoms with Crippen molar-refractivity contribution in [1.29, 1.82) is 0 Å². The van der Waals surface area contributed by atoms with Crippen molar-refractivity contribution < 1.29 is 0 Å². The number of benzene rings is 1. The van der Waals surface area contributed by atoms with Gasteiger partial charge >= 0.3 is 0 Å². The third-order valence-electron chi connectivity index (χ3n) is 2.28. The Morgan fingerprint density at radius 3 is 2.71 bits per heavy atom. The maximum absolute atomic E-state index is 5.50. The minimum absolute atomic E-state index is 0.0208. The molecule has 1 aromatic rings. The molecule has 14 heavy (non-hydrogen) atoms. The molecule has 2 nitrogen and oxygen atoms in total. The van der Waals surface area contributed by atoms with E-state index in [-0.39, 0.29) is 6.04 Å². The summed E-state index contributed by atoms with van der Waals surface area (Å²) >= 11 is 3.49. The summed E-state index contributed by atoms with van der Waals surface area (Å²) in [4.78, 5) is 0. The van der Waals surface area contributed by atoms with Crippen molar-refractivity contribution in [2.45, 2.75) is 19.9 Å². The van der Waals surface area contributed by atoms with Gasteiger partial charge in [-0.1, -0.05) is 40.2 Å². The van der Waals surface area contributed by atoms with Crippen LogP contribution in [0.4, 0.5) is 0 Å². The smallest absolute Gasteiger partial charge is 0.0667 e. The number of hydrogen-bond acceptors (Lipinski definition) is 2. The monoisotopic (exact) mass is 254 g/mol. The van der Waals surface area contributed by atoms with Gasteiger partial charge < -0.3 is 0 Å². The molecule has 0 spiro atoms. The second-order valence-electron chi connectivity index (χ2n) is 3.40. The molecule has 1 atom stereocenters. The topological polar surface area (TPSA) is 38.0 Å². The number of halogens is 1. The molecular weight excluding hydrogens is 240 g/mol. The zero-order valence-electron chi connectivity index (χ0n) is 8.47. The fourth-order valence-electron chi connectivity index (χ4n) is 1.43. The van der Waals surface area contributed by atoms with Crippen LogP contribution in [0.2, 0.25) is 0 Å². The standard InChI is InChI=1S/C11H15BrN2/c1-7(2)11(14-13)9-5-4-6-10(12)8(9)3/h4-6,11,14H,1,13H2,2-3H3. The van der Waals surface area contributed by atoms with Crippen molar-refractivity contribution in [3.8, 4) is 0 Å². The highest BCUT2D eigenvalue weighted by atomic mass is 79.9. The van der Waals surface area contributed by atoms with Gasteiger partial charge in [-0.25, -0.2) is 5.43 Å². The van der Waals surface area contributed by atoms with Crippen molar-refractivity contribution in [2.75, 3.05) is 0 Å². The van der Waals surface area contributed by atoms with Gasteiger partial charge in [0.25, 0.3) is 0 Å². The lowest BCUT2D eigenvalue weighted by molar-refractivity contribution is 0.623. The SMILES string of the molecule is C=C(C)C(NN)c1cccc(Br)c1C. The Kier molecular flexibility index (Phi) is 3.86. The molecule has 1 unspecified atom stereocenters. The molecule has 0 aliphatic heterocycles. The lowest BCUT2D eigenvalue weighted by Gasteiger charge is -2.19. The summed E-state index contributed by atoms with van der Waals surface area (Å²) in [6.45, 7) is 7.94. The lowest BCUT2D eigenvalue weighted by Crippen LogP contribution is -2.29. The van der Waals surface area contributed by atoms with Crippen LogP contribution < -0.4 is 11.3 Å². The average molecular weight is 255 g/mol. The predicted molar refractivity (Wildman–Crippen MR) is 63.8 cm³/mol. The van der Waals surface area contributed by atoms with E-state index in [0.717, 1.165) is 15.6 Å². The molecule has 76 valence electrons. The predicted octanol–water partition coefficient (Wildman–Crippen LogP) is 2.84. The van der Waals surface area contributed by atoms with E-state index < -0.39 is 0 Å². The first kappa shape index (κ1) is 11.4. The molecule has 0 aliphatic rings. The summed E-state index contributed by atoms with van der Waals surface area (Å²) in [5.74, 6) is 5.50. The van der Waals surface area contributed by atoms with E-state index in [1.807, 2.05) is 19.1 Å². The molecule has 1 aromatic carbocycles. The van der Waals surface area contributed by atoms with E-state index in [1.165, 1.54) is 5.56 Å². The molecule has 0 aromatic heterocycles. The first-order valence-electron chi connectivity index (χ1n) is 4.44. The molecule has 0 radical (unpaired) electrons. The molecule has 0 aliphatic carbocycles. The van der Waals surface area contributed by atoms with Crippen molar-refractivity contribution >= 4 is 15.9 Å². The third kappa shape index (κ3) is 2.23. The van der Waals surface area contributed by atoms with Gasteiger partial charge in [0.2, 0.25) is 0 Å². The van der Waals surface area contributed by atoms with Crippen LogP contribution in [0, 0.1) is 6.92 Å². The summed E-state index contributed by atoms with van der Waals surface area (Å²) < 4.78 is 1.09. The maximum atomic E-state index is 5.50. The van der Waals surface area contributed by atoms with Crippen LogP contribution in [0.3, 0.4) is 0 Å². The van der Waals surface area contributed by atoms with Crippen LogP contribution in [-0.4, -0.2) is 0 Å². The Morgan fingerprint density at radius 2 is 2.21 bits per heavy atom. The van der Waals surface area contributed by atoms with Crippen LogP contribution in [0.1, 0.15) is 24.1 Å². The van der Waals surface area contributed by atoms with Crippen molar-refractivity contribution in [3.05, 3.63) is 46.0 Å². The van der Waals surface area contributed by atoms with Gasteiger partial charge in [0.05, 0.1) is 6.04 Å². The average Bonchev–Trinajstić information content (AvgIpc) is 2.13. The van der Waals surface area contributed by atoms with Crippen LogP contribution in [0.25, 0.3) is 0 Å². The Balaban J connectivity index is 3.16. The molecule has 0 heterocycles.